The molecule has 0 aliphatic rings. The van der Waals surface area contributed by atoms with Crippen molar-refractivity contribution in [2.45, 2.75) is 26.0 Å². The van der Waals surface area contributed by atoms with Gasteiger partial charge in [-0.15, -0.1) is 5.10 Å². The number of hydrogen-bond donors (Lipinski definition) is 2. The second-order valence-electron chi connectivity index (χ2n) is 6.07. The summed E-state index contributed by atoms with van der Waals surface area (Å²) in [5, 5.41) is 21.3. The van der Waals surface area contributed by atoms with Gasteiger partial charge in [-0.2, -0.15) is 0 Å². The van der Waals surface area contributed by atoms with Gasteiger partial charge >= 0.3 is 0 Å². The maximum absolute atomic E-state index is 13.0. The van der Waals surface area contributed by atoms with E-state index in [9.17, 15) is 14.3 Å². The average molecular weight is 342 g/mol. The van der Waals surface area contributed by atoms with Crippen molar-refractivity contribution in [3.8, 4) is 0 Å². The third-order valence-corrected chi connectivity index (χ3v) is 4.13. The summed E-state index contributed by atoms with van der Waals surface area (Å²) in [7, 11) is 0. The number of halogens is 1. The molecule has 3 aromatic rings. The highest BCUT2D eigenvalue weighted by Gasteiger charge is 2.24. The fourth-order valence-corrected chi connectivity index (χ4v) is 2.61. The minimum atomic E-state index is -1.31. The van der Waals surface area contributed by atoms with E-state index in [1.54, 1.807) is 29.8 Å². The summed E-state index contributed by atoms with van der Waals surface area (Å²) in [5.74, 6) is -0.702. The van der Waals surface area contributed by atoms with Gasteiger partial charge in [-0.05, 0) is 49.7 Å². The van der Waals surface area contributed by atoms with Gasteiger partial charge in [0.2, 0.25) is 0 Å². The average Bonchev–Trinajstić information content (AvgIpc) is 3.02. The molecular weight excluding hydrogens is 323 g/mol. The van der Waals surface area contributed by atoms with E-state index in [-0.39, 0.29) is 18.3 Å². The third-order valence-electron chi connectivity index (χ3n) is 4.13. The number of hydrogen-bond acceptors (Lipinski definition) is 4. The molecule has 0 bridgehead atoms. The lowest BCUT2D eigenvalue weighted by Gasteiger charge is -2.24. The molecule has 1 heterocycles. The van der Waals surface area contributed by atoms with Crippen molar-refractivity contribution in [3.05, 3.63) is 59.4 Å². The van der Waals surface area contributed by atoms with Crippen LogP contribution >= 0.6 is 0 Å². The van der Waals surface area contributed by atoms with Crippen LogP contribution in [0.2, 0.25) is 0 Å². The Morgan fingerprint density at radius 2 is 2.00 bits per heavy atom. The SMILES string of the molecule is CCn1nnc2cc(C(=O)NCC(C)(O)c3ccc(F)cc3)ccc21. The van der Waals surface area contributed by atoms with Gasteiger partial charge in [0.1, 0.15) is 16.9 Å². The second kappa shape index (κ2) is 6.60. The van der Waals surface area contributed by atoms with Gasteiger partial charge in [0.25, 0.3) is 5.91 Å². The fourth-order valence-electron chi connectivity index (χ4n) is 2.61. The predicted octanol–water partition coefficient (Wildman–Crippen LogP) is 2.23. The van der Waals surface area contributed by atoms with E-state index in [1.165, 1.54) is 24.3 Å². The molecule has 0 saturated heterocycles. The Labute approximate surface area is 144 Å². The summed E-state index contributed by atoms with van der Waals surface area (Å²) >= 11 is 0. The smallest absolute Gasteiger partial charge is 0.251 e. The summed E-state index contributed by atoms with van der Waals surface area (Å²) < 4.78 is 14.7. The van der Waals surface area contributed by atoms with Crippen molar-refractivity contribution in [2.75, 3.05) is 6.54 Å². The Bertz CT molecular complexity index is 903. The number of nitrogens with zero attached hydrogens (tertiary/aromatic N) is 3. The van der Waals surface area contributed by atoms with Crippen LogP contribution in [0.1, 0.15) is 29.8 Å². The summed E-state index contributed by atoms with van der Waals surface area (Å²) in [6.07, 6.45) is 0. The molecule has 3 rings (SSSR count). The minimum absolute atomic E-state index is 0.00282. The van der Waals surface area contributed by atoms with Gasteiger partial charge in [0, 0.05) is 12.1 Å². The van der Waals surface area contributed by atoms with Crippen LogP contribution in [-0.2, 0) is 12.1 Å². The number of carbonyl (C=O) groups excluding carboxylic acids is 1. The van der Waals surface area contributed by atoms with E-state index in [4.69, 9.17) is 0 Å². The van der Waals surface area contributed by atoms with Crippen LogP contribution in [0.4, 0.5) is 4.39 Å². The van der Waals surface area contributed by atoms with Crippen LogP contribution in [-0.4, -0.2) is 32.6 Å². The Morgan fingerprint density at radius 1 is 1.28 bits per heavy atom. The van der Waals surface area contributed by atoms with Crippen LogP contribution in [0, 0.1) is 5.82 Å². The molecular formula is C18H19FN4O2. The zero-order valence-corrected chi connectivity index (χ0v) is 14.0. The lowest BCUT2D eigenvalue weighted by molar-refractivity contribution is 0.0526. The third kappa shape index (κ3) is 3.51. The lowest BCUT2D eigenvalue weighted by atomic mass is 9.96. The summed E-state index contributed by atoms with van der Waals surface area (Å²) in [6, 6.07) is 10.7. The number of amides is 1. The Balaban J connectivity index is 1.72. The van der Waals surface area contributed by atoms with Crippen molar-refractivity contribution in [2.24, 2.45) is 0 Å². The standard InChI is InChI=1S/C18H19FN4O2/c1-3-23-16-9-4-12(10-15(16)21-22-23)17(24)20-11-18(2,25)13-5-7-14(19)8-6-13/h4-10,25H,3,11H2,1-2H3,(H,20,24). The highest BCUT2D eigenvalue weighted by Crippen LogP contribution is 2.20. The number of aliphatic hydroxyl groups is 1. The maximum Gasteiger partial charge on any atom is 0.251 e. The van der Waals surface area contributed by atoms with Gasteiger partial charge < -0.3 is 10.4 Å². The molecule has 2 N–H and O–H groups in total. The summed E-state index contributed by atoms with van der Waals surface area (Å²) in [4.78, 5) is 12.4. The molecule has 1 aromatic heterocycles. The van der Waals surface area contributed by atoms with Crippen LogP contribution in [0.25, 0.3) is 11.0 Å². The Kier molecular flexibility index (Phi) is 4.50. The number of carbonyl (C=O) groups is 1. The highest BCUT2D eigenvalue weighted by atomic mass is 19.1. The molecule has 2 aromatic carbocycles. The normalized spacial score (nSPS) is 13.6. The van der Waals surface area contributed by atoms with E-state index in [2.05, 4.69) is 15.6 Å². The number of aromatic nitrogens is 3. The summed E-state index contributed by atoms with van der Waals surface area (Å²) in [5.41, 5.74) is 1.15. The molecule has 0 saturated carbocycles. The van der Waals surface area contributed by atoms with Crippen LogP contribution < -0.4 is 5.32 Å². The maximum atomic E-state index is 13.0. The number of rotatable bonds is 5. The lowest BCUT2D eigenvalue weighted by Crippen LogP contribution is -2.38. The molecule has 0 spiro atoms. The van der Waals surface area contributed by atoms with Gasteiger partial charge in [0.15, 0.2) is 0 Å². The molecule has 130 valence electrons. The van der Waals surface area contributed by atoms with E-state index in [0.29, 0.717) is 23.2 Å². The topological polar surface area (TPSA) is 80.0 Å². The molecule has 25 heavy (non-hydrogen) atoms. The number of aryl methyl sites for hydroxylation is 1. The molecule has 0 aliphatic heterocycles. The van der Waals surface area contributed by atoms with Crippen LogP contribution in [0.15, 0.2) is 42.5 Å². The molecule has 6 nitrogen and oxygen atoms in total. The first-order valence-corrected chi connectivity index (χ1v) is 8.00. The highest BCUT2D eigenvalue weighted by molar-refractivity contribution is 5.97. The van der Waals surface area contributed by atoms with Gasteiger partial charge in [-0.25, -0.2) is 9.07 Å². The van der Waals surface area contributed by atoms with Gasteiger partial charge in [-0.3, -0.25) is 4.79 Å². The molecule has 0 fully saturated rings. The van der Waals surface area contributed by atoms with Crippen molar-refractivity contribution in [3.63, 3.8) is 0 Å². The monoisotopic (exact) mass is 342 g/mol. The number of nitrogens with one attached hydrogen (secondary N) is 1. The number of fused-ring (bicyclic) bond motifs is 1. The van der Waals surface area contributed by atoms with E-state index in [0.717, 1.165) is 5.52 Å². The predicted molar refractivity (Wildman–Crippen MR) is 91.5 cm³/mol. The van der Waals surface area contributed by atoms with E-state index in [1.807, 2.05) is 6.92 Å². The molecule has 1 amide bonds. The quantitative estimate of drug-likeness (QED) is 0.745. The van der Waals surface area contributed by atoms with Gasteiger partial charge in [0.05, 0.1) is 12.1 Å². The van der Waals surface area contributed by atoms with Crippen molar-refractivity contribution in [1.29, 1.82) is 0 Å². The zero-order chi connectivity index (χ0) is 18.0. The molecule has 1 atom stereocenters. The van der Waals surface area contributed by atoms with Crippen molar-refractivity contribution < 1.29 is 14.3 Å². The van der Waals surface area contributed by atoms with Crippen molar-refractivity contribution >= 4 is 16.9 Å². The van der Waals surface area contributed by atoms with Crippen LogP contribution in [0.5, 0.6) is 0 Å². The van der Waals surface area contributed by atoms with Crippen molar-refractivity contribution in [1.82, 2.24) is 20.3 Å². The molecule has 0 radical (unpaired) electrons. The first kappa shape index (κ1) is 17.0. The summed E-state index contributed by atoms with van der Waals surface area (Å²) in [6.45, 7) is 4.22. The zero-order valence-electron chi connectivity index (χ0n) is 14.0. The Hall–Kier alpha value is -2.80. The van der Waals surface area contributed by atoms with Crippen LogP contribution in [0.3, 0.4) is 0 Å². The van der Waals surface area contributed by atoms with Gasteiger partial charge in [-0.1, -0.05) is 17.3 Å². The fraction of sp³-hybridized carbons (Fsp3) is 0.278. The van der Waals surface area contributed by atoms with E-state index < -0.39 is 5.60 Å². The minimum Gasteiger partial charge on any atom is -0.384 e. The largest absolute Gasteiger partial charge is 0.384 e. The Morgan fingerprint density at radius 3 is 2.68 bits per heavy atom. The number of benzene rings is 2. The first-order chi connectivity index (χ1) is 11.9. The first-order valence-electron chi connectivity index (χ1n) is 8.00. The van der Waals surface area contributed by atoms with E-state index >= 15 is 0 Å². The molecule has 0 aliphatic carbocycles. The molecule has 7 heteroatoms. The molecule has 1 unspecified atom stereocenters. The second-order valence-corrected chi connectivity index (χ2v) is 6.07.